The van der Waals surface area contributed by atoms with Crippen molar-refractivity contribution in [3.05, 3.63) is 12.2 Å². The van der Waals surface area contributed by atoms with E-state index in [0.717, 1.165) is 0 Å². The van der Waals surface area contributed by atoms with Gasteiger partial charge in [-0.2, -0.15) is 0 Å². The standard InChI is InChI=1S/C6H10.V/c1-2-4-6-5-3-1;/h1-2H,3-6H2;/q;+2. The third-order valence-corrected chi connectivity index (χ3v) is 1.16. The van der Waals surface area contributed by atoms with Gasteiger partial charge in [0.15, 0.2) is 0 Å². The molecule has 1 radical (unpaired) electrons. The van der Waals surface area contributed by atoms with Crippen LogP contribution in [0.1, 0.15) is 25.7 Å². The molecule has 1 rings (SSSR count). The Morgan fingerprint density at radius 2 is 1.29 bits per heavy atom. The van der Waals surface area contributed by atoms with Gasteiger partial charge in [-0.25, -0.2) is 0 Å². The largest absolute Gasteiger partial charge is 2.00 e. The van der Waals surface area contributed by atoms with Crippen molar-refractivity contribution >= 4 is 0 Å². The van der Waals surface area contributed by atoms with Crippen molar-refractivity contribution in [1.82, 2.24) is 0 Å². The molecule has 1 heteroatoms. The molecular formula is C6H10V+2. The molecule has 37 valence electrons. The van der Waals surface area contributed by atoms with Crippen LogP contribution in [-0.2, 0) is 18.6 Å². The van der Waals surface area contributed by atoms with Gasteiger partial charge in [-0.3, -0.25) is 0 Å². The van der Waals surface area contributed by atoms with Gasteiger partial charge in [-0.05, 0) is 25.7 Å². The van der Waals surface area contributed by atoms with Crippen molar-refractivity contribution in [1.29, 1.82) is 0 Å². The summed E-state index contributed by atoms with van der Waals surface area (Å²) in [5.41, 5.74) is 0. The topological polar surface area (TPSA) is 0 Å². The first-order chi connectivity index (χ1) is 3.00. The van der Waals surface area contributed by atoms with Crippen LogP contribution in [0, 0.1) is 0 Å². The fourth-order valence-corrected chi connectivity index (χ4v) is 0.760. The summed E-state index contributed by atoms with van der Waals surface area (Å²) in [4.78, 5) is 0. The molecule has 0 atom stereocenters. The predicted molar refractivity (Wildman–Crippen MR) is 27.6 cm³/mol. The van der Waals surface area contributed by atoms with Crippen LogP contribution in [-0.4, -0.2) is 0 Å². The number of hydrogen-bond acceptors (Lipinski definition) is 0. The van der Waals surface area contributed by atoms with Crippen molar-refractivity contribution in [2.24, 2.45) is 0 Å². The average Bonchev–Trinajstić information content (AvgIpc) is 1.72. The summed E-state index contributed by atoms with van der Waals surface area (Å²) < 4.78 is 0. The van der Waals surface area contributed by atoms with E-state index in [1.54, 1.807) is 0 Å². The van der Waals surface area contributed by atoms with Gasteiger partial charge in [0, 0.05) is 0 Å². The van der Waals surface area contributed by atoms with Crippen molar-refractivity contribution in [2.45, 2.75) is 25.7 Å². The fourth-order valence-electron chi connectivity index (χ4n) is 0.760. The summed E-state index contributed by atoms with van der Waals surface area (Å²) in [6.45, 7) is 0. The summed E-state index contributed by atoms with van der Waals surface area (Å²) in [6.07, 6.45) is 10.0. The van der Waals surface area contributed by atoms with Crippen molar-refractivity contribution < 1.29 is 18.6 Å². The van der Waals surface area contributed by atoms with E-state index in [1.807, 2.05) is 0 Å². The van der Waals surface area contributed by atoms with Crippen LogP contribution in [0.4, 0.5) is 0 Å². The van der Waals surface area contributed by atoms with Crippen LogP contribution < -0.4 is 0 Å². The van der Waals surface area contributed by atoms with Crippen LogP contribution >= 0.6 is 0 Å². The average molecular weight is 133 g/mol. The van der Waals surface area contributed by atoms with E-state index < -0.39 is 0 Å². The van der Waals surface area contributed by atoms with Gasteiger partial charge in [-0.1, -0.05) is 12.2 Å². The van der Waals surface area contributed by atoms with Crippen molar-refractivity contribution in [2.75, 3.05) is 0 Å². The first-order valence-corrected chi connectivity index (χ1v) is 2.65. The molecule has 0 saturated carbocycles. The van der Waals surface area contributed by atoms with Crippen molar-refractivity contribution in [3.63, 3.8) is 0 Å². The van der Waals surface area contributed by atoms with Crippen LogP contribution in [0.3, 0.4) is 0 Å². The van der Waals surface area contributed by atoms with Gasteiger partial charge in [0.1, 0.15) is 0 Å². The first kappa shape index (κ1) is 7.32. The summed E-state index contributed by atoms with van der Waals surface area (Å²) in [5.74, 6) is 0. The number of rotatable bonds is 0. The maximum atomic E-state index is 2.27. The van der Waals surface area contributed by atoms with Gasteiger partial charge < -0.3 is 0 Å². The molecule has 0 aliphatic heterocycles. The Bertz CT molecular complexity index is 49.2. The fraction of sp³-hybridized carbons (Fsp3) is 0.667. The molecule has 0 amide bonds. The van der Waals surface area contributed by atoms with Gasteiger partial charge in [0.2, 0.25) is 0 Å². The molecule has 0 aromatic heterocycles. The normalized spacial score (nSPS) is 18.3. The third kappa shape index (κ3) is 2.96. The van der Waals surface area contributed by atoms with E-state index in [1.165, 1.54) is 25.7 Å². The molecule has 7 heavy (non-hydrogen) atoms. The summed E-state index contributed by atoms with van der Waals surface area (Å²) in [5, 5.41) is 0. The predicted octanol–water partition coefficient (Wildman–Crippen LogP) is 2.11. The molecule has 0 heterocycles. The second-order valence-electron chi connectivity index (χ2n) is 1.76. The molecule has 0 fully saturated rings. The molecule has 0 unspecified atom stereocenters. The molecule has 0 aromatic rings. The third-order valence-electron chi connectivity index (χ3n) is 1.16. The van der Waals surface area contributed by atoms with Gasteiger partial charge in [0.25, 0.3) is 0 Å². The zero-order valence-corrected chi connectivity index (χ0v) is 5.83. The van der Waals surface area contributed by atoms with Gasteiger partial charge in [0.05, 0.1) is 0 Å². The molecule has 0 bridgehead atoms. The molecule has 0 aromatic carbocycles. The van der Waals surface area contributed by atoms with Crippen LogP contribution in [0.5, 0.6) is 0 Å². The SMILES string of the molecule is C1=CCCCC1.[V+2]. The number of hydrogen-bond donors (Lipinski definition) is 0. The molecule has 0 nitrogen and oxygen atoms in total. The molecular weight excluding hydrogens is 123 g/mol. The van der Waals surface area contributed by atoms with Crippen LogP contribution in [0.2, 0.25) is 0 Å². The van der Waals surface area contributed by atoms with Crippen LogP contribution in [0.25, 0.3) is 0 Å². The maximum Gasteiger partial charge on any atom is 2.00 e. The van der Waals surface area contributed by atoms with E-state index >= 15 is 0 Å². The Labute approximate surface area is 56.9 Å². The minimum absolute atomic E-state index is 0. The Morgan fingerprint density at radius 1 is 0.857 bits per heavy atom. The smallest absolute Gasteiger partial charge is 0.0885 e. The molecule has 0 N–H and O–H groups in total. The zero-order valence-electron chi connectivity index (χ0n) is 4.43. The maximum absolute atomic E-state index is 2.27. The Balaban J connectivity index is 0.000000360. The van der Waals surface area contributed by atoms with E-state index in [0.29, 0.717) is 0 Å². The van der Waals surface area contributed by atoms with E-state index in [9.17, 15) is 0 Å². The molecule has 1 aliphatic carbocycles. The summed E-state index contributed by atoms with van der Waals surface area (Å²) in [7, 11) is 0. The Morgan fingerprint density at radius 3 is 1.43 bits per heavy atom. The summed E-state index contributed by atoms with van der Waals surface area (Å²) >= 11 is 0. The number of allylic oxidation sites excluding steroid dienone is 2. The summed E-state index contributed by atoms with van der Waals surface area (Å²) in [6, 6.07) is 0. The zero-order chi connectivity index (χ0) is 4.24. The second kappa shape index (κ2) is 4.48. The second-order valence-corrected chi connectivity index (χ2v) is 1.76. The first-order valence-electron chi connectivity index (χ1n) is 2.65. The molecule has 0 spiro atoms. The van der Waals surface area contributed by atoms with Crippen LogP contribution in [0.15, 0.2) is 12.2 Å². The Hall–Kier alpha value is 0.324. The van der Waals surface area contributed by atoms with E-state index in [-0.39, 0.29) is 18.6 Å². The monoisotopic (exact) mass is 133 g/mol. The van der Waals surface area contributed by atoms with E-state index in [2.05, 4.69) is 12.2 Å². The minimum atomic E-state index is 0. The van der Waals surface area contributed by atoms with Gasteiger partial charge >= 0.3 is 18.6 Å². The molecule has 0 saturated heterocycles. The Kier molecular flexibility index (Phi) is 4.69. The molecule has 1 aliphatic rings. The van der Waals surface area contributed by atoms with Crippen molar-refractivity contribution in [3.8, 4) is 0 Å². The van der Waals surface area contributed by atoms with Gasteiger partial charge in [-0.15, -0.1) is 0 Å². The minimum Gasteiger partial charge on any atom is -0.0885 e. The quantitative estimate of drug-likeness (QED) is 0.444. The van der Waals surface area contributed by atoms with E-state index in [4.69, 9.17) is 0 Å².